The van der Waals surface area contributed by atoms with Crippen molar-refractivity contribution in [1.29, 1.82) is 0 Å². The van der Waals surface area contributed by atoms with Crippen molar-refractivity contribution in [2.45, 2.75) is 29.9 Å². The smallest absolute Gasteiger partial charge is 0.258 e. The van der Waals surface area contributed by atoms with E-state index in [0.29, 0.717) is 16.7 Å². The first-order valence-electron chi connectivity index (χ1n) is 8.99. The van der Waals surface area contributed by atoms with Crippen molar-refractivity contribution in [2.75, 3.05) is 37.9 Å². The molecule has 2 N–H and O–H groups in total. The fourth-order valence-electron chi connectivity index (χ4n) is 3.30. The van der Waals surface area contributed by atoms with Gasteiger partial charge in [-0.2, -0.15) is 11.8 Å². The minimum Gasteiger partial charge on any atom is -0.381 e. The third-order valence-corrected chi connectivity index (χ3v) is 7.05. The zero-order valence-electron chi connectivity index (χ0n) is 14.9. The van der Waals surface area contributed by atoms with E-state index < -0.39 is 0 Å². The van der Waals surface area contributed by atoms with Gasteiger partial charge in [0.1, 0.15) is 5.82 Å². The van der Waals surface area contributed by atoms with Crippen molar-refractivity contribution in [3.05, 3.63) is 34.4 Å². The van der Waals surface area contributed by atoms with Gasteiger partial charge in [-0.1, -0.05) is 11.9 Å². The van der Waals surface area contributed by atoms with Crippen LogP contribution in [0.15, 0.2) is 23.0 Å². The average Bonchev–Trinajstić information content (AvgIpc) is 2.63. The maximum atomic E-state index is 12.4. The number of H-pyrrole nitrogens is 1. The van der Waals surface area contributed by atoms with Gasteiger partial charge in [0.05, 0.1) is 22.7 Å². The van der Waals surface area contributed by atoms with Crippen molar-refractivity contribution in [3.63, 3.8) is 0 Å². The lowest BCUT2D eigenvalue weighted by Crippen LogP contribution is -2.50. The molecule has 0 amide bonds. The molecule has 3 heterocycles. The lowest BCUT2D eigenvalue weighted by Gasteiger charge is -2.38. The summed E-state index contributed by atoms with van der Waals surface area (Å²) in [6, 6.07) is 6.29. The van der Waals surface area contributed by atoms with E-state index >= 15 is 0 Å². The van der Waals surface area contributed by atoms with Gasteiger partial charge in [0.15, 0.2) is 0 Å². The molecule has 0 aliphatic carbocycles. The number of anilines is 1. The van der Waals surface area contributed by atoms with E-state index in [1.807, 2.05) is 30.0 Å². The molecule has 0 atom stereocenters. The summed E-state index contributed by atoms with van der Waals surface area (Å²) < 4.78 is 7.72. The standard InChI is InChI=1S/C18H24N4O2S2/c1-25-22-9-13(10-22)19-12-2-3-15-16(8-12)20-17(21-18(15)23)11-26-14-4-6-24-7-5-14/h2-3,8,13-14,19H,4-7,9-11H2,1H3,(H,20,21,23). The Morgan fingerprint density at radius 1 is 1.35 bits per heavy atom. The molecule has 0 saturated carbocycles. The van der Waals surface area contributed by atoms with Gasteiger partial charge >= 0.3 is 0 Å². The number of rotatable bonds is 6. The topological polar surface area (TPSA) is 70.2 Å². The number of aromatic nitrogens is 2. The summed E-state index contributed by atoms with van der Waals surface area (Å²) in [4.78, 5) is 20.0. The fraction of sp³-hybridized carbons (Fsp3) is 0.556. The van der Waals surface area contributed by atoms with Crippen LogP contribution in [0.4, 0.5) is 5.69 Å². The first-order chi connectivity index (χ1) is 12.7. The van der Waals surface area contributed by atoms with E-state index in [0.717, 1.165) is 61.9 Å². The molecule has 2 aliphatic rings. The highest BCUT2D eigenvalue weighted by molar-refractivity contribution is 7.99. The van der Waals surface area contributed by atoms with Crippen LogP contribution in [0.2, 0.25) is 0 Å². The third kappa shape index (κ3) is 4.19. The van der Waals surface area contributed by atoms with Crippen molar-refractivity contribution in [1.82, 2.24) is 14.3 Å². The Morgan fingerprint density at radius 2 is 2.15 bits per heavy atom. The number of benzene rings is 1. The largest absolute Gasteiger partial charge is 0.381 e. The fourth-order valence-corrected chi connectivity index (χ4v) is 5.01. The van der Waals surface area contributed by atoms with Crippen LogP contribution >= 0.6 is 23.7 Å². The number of hydrogen-bond donors (Lipinski definition) is 2. The summed E-state index contributed by atoms with van der Waals surface area (Å²) in [6.07, 6.45) is 4.25. The van der Waals surface area contributed by atoms with Crippen LogP contribution in [0.25, 0.3) is 10.9 Å². The molecule has 26 heavy (non-hydrogen) atoms. The predicted molar refractivity (Wildman–Crippen MR) is 110 cm³/mol. The van der Waals surface area contributed by atoms with Crippen LogP contribution in [0.5, 0.6) is 0 Å². The Balaban J connectivity index is 1.46. The van der Waals surface area contributed by atoms with E-state index in [9.17, 15) is 4.79 Å². The van der Waals surface area contributed by atoms with Crippen LogP contribution in [0, 0.1) is 0 Å². The highest BCUT2D eigenvalue weighted by atomic mass is 32.2. The molecule has 0 bridgehead atoms. The molecule has 1 aromatic heterocycles. The zero-order chi connectivity index (χ0) is 17.9. The summed E-state index contributed by atoms with van der Waals surface area (Å²) in [6.45, 7) is 3.75. The van der Waals surface area contributed by atoms with Crippen LogP contribution in [0.3, 0.4) is 0 Å². The number of nitrogens with zero attached hydrogens (tertiary/aromatic N) is 2. The molecule has 1 aromatic carbocycles. The highest BCUT2D eigenvalue weighted by Crippen LogP contribution is 2.25. The average molecular weight is 393 g/mol. The van der Waals surface area contributed by atoms with Gasteiger partial charge in [-0.05, 0) is 37.3 Å². The summed E-state index contributed by atoms with van der Waals surface area (Å²) >= 11 is 3.64. The quantitative estimate of drug-likeness (QED) is 0.733. The van der Waals surface area contributed by atoms with E-state index in [4.69, 9.17) is 9.72 Å². The van der Waals surface area contributed by atoms with E-state index in [2.05, 4.69) is 20.9 Å². The third-order valence-electron chi connectivity index (χ3n) is 4.86. The summed E-state index contributed by atoms with van der Waals surface area (Å²) in [5, 5.41) is 4.77. The van der Waals surface area contributed by atoms with E-state index in [-0.39, 0.29) is 5.56 Å². The second-order valence-corrected chi connectivity index (χ2v) is 8.91. The Labute approximate surface area is 161 Å². The molecule has 6 nitrogen and oxygen atoms in total. The van der Waals surface area contributed by atoms with Gasteiger partial charge in [0, 0.05) is 37.2 Å². The SMILES string of the molecule is CSN1CC(Nc2ccc3c(=O)[nH]c(CSC4CCOCC4)nc3c2)C1. The van der Waals surface area contributed by atoms with Crippen LogP contribution in [-0.2, 0) is 10.5 Å². The minimum absolute atomic E-state index is 0.0543. The lowest BCUT2D eigenvalue weighted by molar-refractivity contribution is 0.1000. The number of hydrogen-bond acceptors (Lipinski definition) is 7. The molecule has 2 aliphatic heterocycles. The van der Waals surface area contributed by atoms with E-state index in [1.165, 1.54) is 0 Å². The maximum absolute atomic E-state index is 12.4. The molecule has 0 radical (unpaired) electrons. The molecular formula is C18H24N4O2S2. The molecule has 2 aromatic rings. The van der Waals surface area contributed by atoms with Crippen molar-refractivity contribution in [2.24, 2.45) is 0 Å². The highest BCUT2D eigenvalue weighted by Gasteiger charge is 2.25. The van der Waals surface area contributed by atoms with Gasteiger partial charge in [0.25, 0.3) is 5.56 Å². The Kier molecular flexibility index (Phi) is 5.73. The normalized spacial score (nSPS) is 19.6. The second kappa shape index (κ2) is 8.21. The molecule has 0 spiro atoms. The lowest BCUT2D eigenvalue weighted by atomic mass is 10.1. The maximum Gasteiger partial charge on any atom is 0.258 e. The van der Waals surface area contributed by atoms with Crippen LogP contribution < -0.4 is 10.9 Å². The number of nitrogens with one attached hydrogen (secondary N) is 2. The molecule has 2 fully saturated rings. The summed E-state index contributed by atoms with van der Waals surface area (Å²) in [7, 11) is 0. The number of aromatic amines is 1. The number of thioether (sulfide) groups is 1. The summed E-state index contributed by atoms with van der Waals surface area (Å²) in [5.41, 5.74) is 1.74. The van der Waals surface area contributed by atoms with Crippen molar-refractivity contribution >= 4 is 40.3 Å². The monoisotopic (exact) mass is 392 g/mol. The van der Waals surface area contributed by atoms with Crippen LogP contribution in [-0.4, -0.2) is 58.1 Å². The Hall–Kier alpha value is -1.22. The molecule has 0 unspecified atom stereocenters. The Morgan fingerprint density at radius 3 is 2.92 bits per heavy atom. The molecule has 2 saturated heterocycles. The second-order valence-electron chi connectivity index (χ2n) is 6.74. The molecule has 8 heteroatoms. The van der Waals surface area contributed by atoms with Gasteiger partial charge < -0.3 is 15.0 Å². The van der Waals surface area contributed by atoms with E-state index in [1.54, 1.807) is 11.9 Å². The number of fused-ring (bicyclic) bond motifs is 1. The van der Waals surface area contributed by atoms with Gasteiger partial charge in [-0.3, -0.25) is 4.79 Å². The van der Waals surface area contributed by atoms with Gasteiger partial charge in [-0.15, -0.1) is 0 Å². The first-order valence-corrected chi connectivity index (χ1v) is 11.2. The summed E-state index contributed by atoms with van der Waals surface area (Å²) in [5.74, 6) is 1.49. The van der Waals surface area contributed by atoms with Gasteiger partial charge in [0.2, 0.25) is 0 Å². The Bertz CT molecular complexity index is 816. The van der Waals surface area contributed by atoms with Crippen LogP contribution in [0.1, 0.15) is 18.7 Å². The zero-order valence-corrected chi connectivity index (χ0v) is 16.5. The van der Waals surface area contributed by atoms with Crippen molar-refractivity contribution < 1.29 is 4.74 Å². The molecule has 140 valence electrons. The van der Waals surface area contributed by atoms with Gasteiger partial charge in [-0.25, -0.2) is 9.29 Å². The molecule has 4 rings (SSSR count). The van der Waals surface area contributed by atoms with Crippen molar-refractivity contribution in [3.8, 4) is 0 Å². The molecular weight excluding hydrogens is 368 g/mol. The minimum atomic E-state index is -0.0543. The predicted octanol–water partition coefficient (Wildman–Crippen LogP) is 2.71. The first kappa shape index (κ1) is 18.2. The number of ether oxygens (including phenoxy) is 1.